The number of hydrogen-bond acceptors (Lipinski definition) is 2. The molecule has 1 heterocycles. The van der Waals surface area contributed by atoms with Crippen molar-refractivity contribution >= 4 is 0 Å². The quantitative estimate of drug-likeness (QED) is 0.823. The third kappa shape index (κ3) is 1.82. The summed E-state index contributed by atoms with van der Waals surface area (Å²) in [6.07, 6.45) is 10.4. The third-order valence-corrected chi connectivity index (χ3v) is 6.86. The van der Waals surface area contributed by atoms with Gasteiger partial charge in [-0.15, -0.1) is 0 Å². The molecule has 1 aliphatic heterocycles. The van der Waals surface area contributed by atoms with Crippen molar-refractivity contribution in [2.75, 3.05) is 20.1 Å². The molecule has 108 valence electrons. The standard InChI is InChI=1S/C17H30N2/c1-15-6-13-7-16(2,10-15)12-17(8-13,11-15)19-5-4-14(9-19)18-3/h13-14,18H,4-12H2,1-3H3. The van der Waals surface area contributed by atoms with Crippen molar-refractivity contribution in [2.24, 2.45) is 16.7 Å². The van der Waals surface area contributed by atoms with Crippen molar-refractivity contribution in [1.82, 2.24) is 10.2 Å². The highest BCUT2D eigenvalue weighted by molar-refractivity contribution is 5.15. The van der Waals surface area contributed by atoms with Crippen LogP contribution < -0.4 is 5.32 Å². The van der Waals surface area contributed by atoms with Crippen molar-refractivity contribution < 1.29 is 0 Å². The van der Waals surface area contributed by atoms with Gasteiger partial charge in [-0.3, -0.25) is 4.90 Å². The molecule has 0 amide bonds. The van der Waals surface area contributed by atoms with E-state index in [0.717, 1.165) is 12.0 Å². The van der Waals surface area contributed by atoms with Crippen LogP contribution in [0.25, 0.3) is 0 Å². The van der Waals surface area contributed by atoms with Crippen LogP contribution in [0.4, 0.5) is 0 Å². The van der Waals surface area contributed by atoms with Gasteiger partial charge in [-0.25, -0.2) is 0 Å². The topological polar surface area (TPSA) is 15.3 Å². The Morgan fingerprint density at radius 3 is 2.21 bits per heavy atom. The van der Waals surface area contributed by atoms with Crippen LogP contribution in [-0.4, -0.2) is 36.6 Å². The summed E-state index contributed by atoms with van der Waals surface area (Å²) >= 11 is 0. The third-order valence-electron chi connectivity index (χ3n) is 6.86. The van der Waals surface area contributed by atoms with Gasteiger partial charge in [0.05, 0.1) is 0 Å². The molecule has 0 radical (unpaired) electrons. The fourth-order valence-electron chi connectivity index (χ4n) is 7.17. The predicted molar refractivity (Wildman–Crippen MR) is 79.2 cm³/mol. The highest BCUT2D eigenvalue weighted by atomic mass is 15.3. The second kappa shape index (κ2) is 3.76. The summed E-state index contributed by atoms with van der Waals surface area (Å²) in [5.74, 6) is 1.03. The molecule has 0 aromatic carbocycles. The van der Waals surface area contributed by atoms with Crippen LogP contribution in [0.15, 0.2) is 0 Å². The average molecular weight is 262 g/mol. The molecule has 1 saturated heterocycles. The Hall–Kier alpha value is -0.0800. The monoisotopic (exact) mass is 262 g/mol. The van der Waals surface area contributed by atoms with Gasteiger partial charge in [0.15, 0.2) is 0 Å². The van der Waals surface area contributed by atoms with Gasteiger partial charge in [-0.1, -0.05) is 13.8 Å². The van der Waals surface area contributed by atoms with Crippen molar-refractivity contribution in [1.29, 1.82) is 0 Å². The molecule has 4 bridgehead atoms. The van der Waals surface area contributed by atoms with E-state index in [1.54, 1.807) is 0 Å². The van der Waals surface area contributed by atoms with Gasteiger partial charge in [0.1, 0.15) is 0 Å². The summed E-state index contributed by atoms with van der Waals surface area (Å²) in [6.45, 7) is 7.83. The number of nitrogens with zero attached hydrogens (tertiary/aromatic N) is 1. The number of hydrogen-bond donors (Lipinski definition) is 1. The zero-order valence-electron chi connectivity index (χ0n) is 13.0. The molecule has 3 atom stereocenters. The molecule has 0 spiro atoms. The van der Waals surface area contributed by atoms with Crippen molar-refractivity contribution in [3.05, 3.63) is 0 Å². The minimum Gasteiger partial charge on any atom is -0.316 e. The summed E-state index contributed by atoms with van der Waals surface area (Å²) in [5.41, 5.74) is 1.90. The minimum absolute atomic E-state index is 0.578. The van der Waals surface area contributed by atoms with E-state index in [-0.39, 0.29) is 0 Å². The normalized spacial score (nSPS) is 57.0. The zero-order valence-corrected chi connectivity index (χ0v) is 13.0. The number of likely N-dealkylation sites (tertiary alicyclic amines) is 1. The maximum Gasteiger partial charge on any atom is 0.0223 e. The summed E-state index contributed by atoms with van der Waals surface area (Å²) in [7, 11) is 2.14. The molecule has 4 aliphatic carbocycles. The first-order valence-corrected chi connectivity index (χ1v) is 8.37. The first-order valence-electron chi connectivity index (χ1n) is 8.37. The van der Waals surface area contributed by atoms with E-state index in [1.165, 1.54) is 58.0 Å². The van der Waals surface area contributed by atoms with E-state index in [4.69, 9.17) is 0 Å². The second-order valence-electron chi connectivity index (χ2n) is 9.07. The average Bonchev–Trinajstić information content (AvgIpc) is 2.72. The maximum atomic E-state index is 3.50. The number of nitrogens with one attached hydrogen (secondary N) is 1. The van der Waals surface area contributed by atoms with Crippen molar-refractivity contribution in [3.8, 4) is 0 Å². The zero-order chi connectivity index (χ0) is 13.3. The van der Waals surface area contributed by atoms with Crippen molar-refractivity contribution in [2.45, 2.75) is 70.4 Å². The van der Waals surface area contributed by atoms with Crippen LogP contribution in [0.5, 0.6) is 0 Å². The van der Waals surface area contributed by atoms with Crippen LogP contribution in [0.1, 0.15) is 58.8 Å². The Bertz CT molecular complexity index is 373. The van der Waals surface area contributed by atoms with E-state index in [1.807, 2.05) is 0 Å². The molecule has 0 aromatic rings. The number of likely N-dealkylation sites (N-methyl/N-ethyl adjacent to an activating group) is 1. The highest BCUT2D eigenvalue weighted by Gasteiger charge is 2.62. The van der Waals surface area contributed by atoms with Gasteiger partial charge < -0.3 is 5.32 Å². The molecule has 5 rings (SSSR count). The molecule has 0 aromatic heterocycles. The lowest BCUT2D eigenvalue weighted by atomic mass is 9.42. The van der Waals surface area contributed by atoms with Gasteiger partial charge in [0.25, 0.3) is 0 Å². The molecular formula is C17H30N2. The Morgan fingerprint density at radius 1 is 1.00 bits per heavy atom. The molecule has 4 saturated carbocycles. The number of rotatable bonds is 2. The lowest BCUT2D eigenvalue weighted by Crippen LogP contribution is -2.64. The smallest absolute Gasteiger partial charge is 0.0223 e. The first-order chi connectivity index (χ1) is 8.94. The summed E-state index contributed by atoms with van der Waals surface area (Å²) in [6, 6.07) is 0.744. The molecular weight excluding hydrogens is 232 g/mol. The van der Waals surface area contributed by atoms with Crippen LogP contribution in [0, 0.1) is 16.7 Å². The first kappa shape index (κ1) is 12.6. The summed E-state index contributed by atoms with van der Waals surface area (Å²) < 4.78 is 0. The molecule has 1 N–H and O–H groups in total. The van der Waals surface area contributed by atoms with E-state index in [2.05, 4.69) is 31.1 Å². The molecule has 2 nitrogen and oxygen atoms in total. The molecule has 5 aliphatic rings. The van der Waals surface area contributed by atoms with Crippen LogP contribution in [-0.2, 0) is 0 Å². The van der Waals surface area contributed by atoms with Crippen molar-refractivity contribution in [3.63, 3.8) is 0 Å². The minimum atomic E-state index is 0.578. The van der Waals surface area contributed by atoms with Gasteiger partial charge >= 0.3 is 0 Å². The SMILES string of the molecule is CNC1CCN(C23CC4CC(C)(CC(C)(C4)C2)C3)C1. The molecule has 2 heteroatoms. The molecule has 19 heavy (non-hydrogen) atoms. The predicted octanol–water partition coefficient (Wildman–Crippen LogP) is 3.03. The molecule has 5 fully saturated rings. The van der Waals surface area contributed by atoms with Crippen LogP contribution in [0.2, 0.25) is 0 Å². The second-order valence-corrected chi connectivity index (χ2v) is 9.07. The fraction of sp³-hybridized carbons (Fsp3) is 1.00. The van der Waals surface area contributed by atoms with Crippen LogP contribution in [0.3, 0.4) is 0 Å². The Kier molecular flexibility index (Phi) is 2.50. The highest BCUT2D eigenvalue weighted by Crippen LogP contribution is 2.67. The van der Waals surface area contributed by atoms with E-state index < -0.39 is 0 Å². The maximum absolute atomic E-state index is 3.50. The van der Waals surface area contributed by atoms with E-state index >= 15 is 0 Å². The Balaban J connectivity index is 1.64. The van der Waals surface area contributed by atoms with Gasteiger partial charge in [0, 0.05) is 24.7 Å². The lowest BCUT2D eigenvalue weighted by Gasteiger charge is -2.67. The summed E-state index contributed by atoms with van der Waals surface area (Å²) in [4.78, 5) is 2.90. The van der Waals surface area contributed by atoms with Gasteiger partial charge in [0.2, 0.25) is 0 Å². The van der Waals surface area contributed by atoms with Gasteiger partial charge in [-0.2, -0.15) is 0 Å². The lowest BCUT2D eigenvalue weighted by molar-refractivity contribution is -0.157. The molecule has 3 unspecified atom stereocenters. The van der Waals surface area contributed by atoms with E-state index in [9.17, 15) is 0 Å². The van der Waals surface area contributed by atoms with E-state index in [0.29, 0.717) is 16.4 Å². The fourth-order valence-corrected chi connectivity index (χ4v) is 7.17. The van der Waals surface area contributed by atoms with Gasteiger partial charge in [-0.05, 0) is 68.7 Å². The van der Waals surface area contributed by atoms with Crippen LogP contribution >= 0.6 is 0 Å². The Morgan fingerprint density at radius 2 is 1.68 bits per heavy atom. The largest absolute Gasteiger partial charge is 0.316 e. The Labute approximate surface area is 118 Å². The summed E-state index contributed by atoms with van der Waals surface area (Å²) in [5, 5.41) is 3.50.